The highest BCUT2D eigenvalue weighted by molar-refractivity contribution is 5.85. The lowest BCUT2D eigenvalue weighted by Crippen LogP contribution is -2.21. The third kappa shape index (κ3) is 3.06. The Morgan fingerprint density at radius 2 is 2.09 bits per heavy atom. The highest BCUT2D eigenvalue weighted by atomic mass is 35.5. The van der Waals surface area contributed by atoms with E-state index < -0.39 is 12.2 Å². The summed E-state index contributed by atoms with van der Waals surface area (Å²) in [6, 6.07) is 7.14. The normalized spacial score (nSPS) is 13.6. The van der Waals surface area contributed by atoms with Crippen LogP contribution in [0.2, 0.25) is 0 Å². The first-order chi connectivity index (χ1) is 10.2. The maximum atomic E-state index is 9.89. The molecule has 3 aromatic rings. The van der Waals surface area contributed by atoms with E-state index in [1.165, 1.54) is 0 Å². The van der Waals surface area contributed by atoms with Crippen LogP contribution in [-0.2, 0) is 6.61 Å². The van der Waals surface area contributed by atoms with E-state index in [1.807, 2.05) is 6.07 Å². The van der Waals surface area contributed by atoms with Gasteiger partial charge < -0.3 is 23.8 Å². The molecule has 22 heavy (non-hydrogen) atoms. The maximum absolute atomic E-state index is 9.89. The molecule has 0 bridgehead atoms. The van der Waals surface area contributed by atoms with Crippen LogP contribution in [0.1, 0.15) is 24.8 Å². The summed E-state index contributed by atoms with van der Waals surface area (Å²) in [6.45, 7) is 1.19. The van der Waals surface area contributed by atoms with Crippen molar-refractivity contribution in [1.29, 1.82) is 0 Å². The molecule has 0 aliphatic rings. The average molecular weight is 327 g/mol. The first-order valence-corrected chi connectivity index (χ1v) is 6.43. The summed E-state index contributed by atoms with van der Waals surface area (Å²) < 4.78 is 16.3. The molecule has 0 aliphatic heterocycles. The second kappa shape index (κ2) is 6.78. The smallest absolute Gasteiger partial charge is 0.259 e. The molecule has 2 aromatic heterocycles. The minimum Gasteiger partial charge on any atom is -0.477 e. The fourth-order valence-electron chi connectivity index (χ4n) is 2.01. The average Bonchev–Trinajstić information content (AvgIpc) is 3.13. The number of aliphatic hydroxyl groups is 2. The quantitative estimate of drug-likeness (QED) is 0.741. The number of nitrogens with zero attached hydrogens (tertiary/aromatic N) is 2. The summed E-state index contributed by atoms with van der Waals surface area (Å²) in [5, 5.41) is 27.1. The second-order valence-electron chi connectivity index (χ2n) is 4.56. The maximum Gasteiger partial charge on any atom is 0.259 e. The van der Waals surface area contributed by atoms with E-state index >= 15 is 0 Å². The zero-order chi connectivity index (χ0) is 14.8. The van der Waals surface area contributed by atoms with Crippen molar-refractivity contribution in [3.05, 3.63) is 42.3 Å². The summed E-state index contributed by atoms with van der Waals surface area (Å²) in [6.07, 6.45) is -0.150. The van der Waals surface area contributed by atoms with Crippen LogP contribution < -0.4 is 4.74 Å². The van der Waals surface area contributed by atoms with Gasteiger partial charge in [-0.25, -0.2) is 0 Å². The number of hydrogen-bond acceptors (Lipinski definition) is 7. The fourth-order valence-corrected chi connectivity index (χ4v) is 2.01. The lowest BCUT2D eigenvalue weighted by atomic mass is 10.2. The van der Waals surface area contributed by atoms with Crippen LogP contribution in [0.3, 0.4) is 0 Å². The van der Waals surface area contributed by atoms with Gasteiger partial charge >= 0.3 is 0 Å². The minimum absolute atomic E-state index is 0. The molecule has 0 spiro atoms. The topological polar surface area (TPSA) is 102 Å². The van der Waals surface area contributed by atoms with Gasteiger partial charge in [0.05, 0.1) is 17.8 Å². The van der Waals surface area contributed by atoms with Gasteiger partial charge in [0.1, 0.15) is 17.9 Å². The number of rotatable bonds is 5. The van der Waals surface area contributed by atoms with Gasteiger partial charge in [0.2, 0.25) is 12.0 Å². The van der Waals surface area contributed by atoms with Crippen LogP contribution in [0.5, 0.6) is 5.75 Å². The molecule has 0 saturated carbocycles. The Hall–Kier alpha value is -2.09. The summed E-state index contributed by atoms with van der Waals surface area (Å²) in [7, 11) is 0. The Kier molecular flexibility index (Phi) is 5.02. The van der Waals surface area contributed by atoms with Crippen LogP contribution in [0.15, 0.2) is 39.4 Å². The highest BCUT2D eigenvalue weighted by Gasteiger charge is 2.26. The van der Waals surface area contributed by atoms with Crippen LogP contribution in [0, 0.1) is 0 Å². The van der Waals surface area contributed by atoms with E-state index in [0.29, 0.717) is 11.3 Å². The van der Waals surface area contributed by atoms with Crippen molar-refractivity contribution in [2.45, 2.75) is 25.7 Å². The van der Waals surface area contributed by atoms with Gasteiger partial charge in [0, 0.05) is 0 Å². The zero-order valence-corrected chi connectivity index (χ0v) is 12.5. The van der Waals surface area contributed by atoms with E-state index in [1.54, 1.807) is 31.4 Å². The number of ether oxygens (including phenoxy) is 1. The molecule has 8 heteroatoms. The molecule has 2 unspecified atom stereocenters. The lowest BCUT2D eigenvalue weighted by molar-refractivity contribution is 0.0305. The van der Waals surface area contributed by atoms with Gasteiger partial charge in [-0.2, -0.15) is 0 Å². The number of aromatic nitrogens is 2. The van der Waals surface area contributed by atoms with E-state index in [0.717, 1.165) is 5.39 Å². The predicted molar refractivity (Wildman–Crippen MR) is 78.7 cm³/mol. The summed E-state index contributed by atoms with van der Waals surface area (Å²) in [5.41, 5.74) is 0.679. The molecule has 2 heterocycles. The summed E-state index contributed by atoms with van der Waals surface area (Å²) in [4.78, 5) is 0. The molecule has 3 rings (SSSR count). The zero-order valence-electron chi connectivity index (χ0n) is 11.7. The van der Waals surface area contributed by atoms with Gasteiger partial charge in [-0.05, 0) is 25.1 Å². The molecule has 0 fully saturated rings. The molecule has 118 valence electrons. The van der Waals surface area contributed by atoms with Gasteiger partial charge in [-0.3, -0.25) is 0 Å². The molecular weight excluding hydrogens is 312 g/mol. The summed E-state index contributed by atoms with van der Waals surface area (Å²) >= 11 is 0. The van der Waals surface area contributed by atoms with Gasteiger partial charge in [-0.15, -0.1) is 22.6 Å². The number of halogens is 1. The van der Waals surface area contributed by atoms with Crippen molar-refractivity contribution in [2.75, 3.05) is 0 Å². The fraction of sp³-hybridized carbons (Fsp3) is 0.286. The molecule has 2 N–H and O–H groups in total. The standard InChI is InChI=1S/C14H14N2O5.ClH/c1-8(18)13(14-16-15-12(7-17)21-14)20-11-4-2-3-10-9(11)5-6-19-10;/h2-6,8,13,17-18H,7H2,1H3;1H. The Morgan fingerprint density at radius 1 is 1.27 bits per heavy atom. The van der Waals surface area contributed by atoms with Gasteiger partial charge in [0.15, 0.2) is 0 Å². The molecule has 0 amide bonds. The number of fused-ring (bicyclic) bond motifs is 1. The van der Waals surface area contributed by atoms with Crippen molar-refractivity contribution >= 4 is 23.4 Å². The third-order valence-electron chi connectivity index (χ3n) is 3.01. The van der Waals surface area contributed by atoms with E-state index in [9.17, 15) is 5.11 Å². The first kappa shape index (κ1) is 16.3. The molecule has 1 aromatic carbocycles. The van der Waals surface area contributed by atoms with Crippen LogP contribution in [-0.4, -0.2) is 26.5 Å². The lowest BCUT2D eigenvalue weighted by Gasteiger charge is -2.18. The molecule has 0 saturated heterocycles. The third-order valence-corrected chi connectivity index (χ3v) is 3.01. The second-order valence-corrected chi connectivity index (χ2v) is 4.56. The first-order valence-electron chi connectivity index (χ1n) is 6.43. The number of hydrogen-bond donors (Lipinski definition) is 2. The van der Waals surface area contributed by atoms with Crippen molar-refractivity contribution in [2.24, 2.45) is 0 Å². The van der Waals surface area contributed by atoms with Crippen LogP contribution in [0.25, 0.3) is 11.0 Å². The van der Waals surface area contributed by atoms with Crippen LogP contribution in [0.4, 0.5) is 0 Å². The predicted octanol–water partition coefficient (Wildman–Crippen LogP) is 2.23. The van der Waals surface area contributed by atoms with E-state index in [4.69, 9.17) is 18.7 Å². The molecular formula is C14H15ClN2O5. The van der Waals surface area contributed by atoms with Crippen molar-refractivity contribution < 1.29 is 23.8 Å². The Bertz CT molecular complexity index is 740. The molecule has 0 radical (unpaired) electrons. The number of furan rings is 1. The van der Waals surface area contributed by atoms with Crippen molar-refractivity contribution in [1.82, 2.24) is 10.2 Å². The van der Waals surface area contributed by atoms with Crippen molar-refractivity contribution in [3.63, 3.8) is 0 Å². The highest BCUT2D eigenvalue weighted by Crippen LogP contribution is 2.31. The monoisotopic (exact) mass is 326 g/mol. The SMILES string of the molecule is CC(O)C(Oc1cccc2occc12)c1nnc(CO)o1.Cl. The van der Waals surface area contributed by atoms with E-state index in [2.05, 4.69) is 10.2 Å². The number of benzene rings is 1. The van der Waals surface area contributed by atoms with E-state index in [-0.39, 0.29) is 30.8 Å². The Balaban J connectivity index is 0.00000176. The largest absolute Gasteiger partial charge is 0.477 e. The molecule has 2 atom stereocenters. The van der Waals surface area contributed by atoms with Crippen molar-refractivity contribution in [3.8, 4) is 5.75 Å². The number of aliphatic hydroxyl groups excluding tert-OH is 2. The Labute approximate surface area is 131 Å². The minimum atomic E-state index is -0.876. The molecule has 0 aliphatic carbocycles. The van der Waals surface area contributed by atoms with Gasteiger partial charge in [0.25, 0.3) is 5.89 Å². The Morgan fingerprint density at radius 3 is 2.77 bits per heavy atom. The van der Waals surface area contributed by atoms with Gasteiger partial charge in [-0.1, -0.05) is 6.07 Å². The summed E-state index contributed by atoms with van der Waals surface area (Å²) in [5.74, 6) is 0.714. The molecule has 7 nitrogen and oxygen atoms in total. The van der Waals surface area contributed by atoms with Crippen LogP contribution >= 0.6 is 12.4 Å².